The van der Waals surface area contributed by atoms with Gasteiger partial charge in [0.2, 0.25) is 0 Å². The van der Waals surface area contributed by atoms with Gasteiger partial charge in [-0.05, 0) is 24.2 Å². The van der Waals surface area contributed by atoms with Gasteiger partial charge >= 0.3 is 0 Å². The Labute approximate surface area is 103 Å². The molecule has 1 aromatic carbocycles. The second kappa shape index (κ2) is 5.90. The number of isothiocyanates is 1. The van der Waals surface area contributed by atoms with Crippen LogP contribution in [0.5, 0.6) is 0 Å². The summed E-state index contributed by atoms with van der Waals surface area (Å²) in [5.74, 6) is 0. The molecule has 16 heavy (non-hydrogen) atoms. The molecule has 0 bridgehead atoms. The Bertz CT molecular complexity index is 370. The molecule has 0 spiro atoms. The van der Waals surface area contributed by atoms with Crippen molar-refractivity contribution in [2.45, 2.75) is 13.0 Å². The van der Waals surface area contributed by atoms with E-state index in [4.69, 9.17) is 0 Å². The highest BCUT2D eigenvalue weighted by molar-refractivity contribution is 7.78. The third kappa shape index (κ3) is 5.17. The van der Waals surface area contributed by atoms with Crippen molar-refractivity contribution in [1.82, 2.24) is 0 Å². The highest BCUT2D eigenvalue weighted by Gasteiger charge is 2.07. The first-order valence-corrected chi connectivity index (χ1v) is 5.84. The first kappa shape index (κ1) is 13.0. The number of hydrogen-bond acceptors (Lipinski definition) is 2. The number of nitrogens with zero attached hydrogens (tertiary/aromatic N) is 2. The van der Waals surface area contributed by atoms with E-state index in [1.807, 2.05) is 0 Å². The molecular formula is C13H19N2S+. The van der Waals surface area contributed by atoms with Gasteiger partial charge in [0, 0.05) is 5.56 Å². The summed E-state index contributed by atoms with van der Waals surface area (Å²) in [6, 6.07) is 8.73. The van der Waals surface area contributed by atoms with Crippen LogP contribution in [0.2, 0.25) is 0 Å². The van der Waals surface area contributed by atoms with Crippen LogP contribution in [-0.4, -0.2) is 37.3 Å². The van der Waals surface area contributed by atoms with Crippen molar-refractivity contribution >= 4 is 17.4 Å². The van der Waals surface area contributed by atoms with Crippen molar-refractivity contribution < 1.29 is 4.48 Å². The summed E-state index contributed by atoms with van der Waals surface area (Å²) in [6.07, 6.45) is 0.939. The second-order valence-corrected chi connectivity index (χ2v) is 5.17. The van der Waals surface area contributed by atoms with Gasteiger partial charge in [-0.25, -0.2) is 4.99 Å². The van der Waals surface area contributed by atoms with Crippen LogP contribution < -0.4 is 0 Å². The topological polar surface area (TPSA) is 12.4 Å². The molecule has 0 saturated carbocycles. The molecule has 0 N–H and O–H groups in total. The normalized spacial score (nSPS) is 10.9. The van der Waals surface area contributed by atoms with Gasteiger partial charge in [-0.2, -0.15) is 0 Å². The number of thiocarbonyl (C=S) groups is 1. The van der Waals surface area contributed by atoms with E-state index in [0.29, 0.717) is 0 Å². The van der Waals surface area contributed by atoms with Gasteiger partial charge in [-0.1, -0.05) is 24.3 Å². The summed E-state index contributed by atoms with van der Waals surface area (Å²) in [5, 5.41) is 2.39. The van der Waals surface area contributed by atoms with E-state index in [1.54, 1.807) is 0 Å². The molecule has 0 aromatic heterocycles. The van der Waals surface area contributed by atoms with Crippen LogP contribution in [0.4, 0.5) is 0 Å². The quantitative estimate of drug-likeness (QED) is 0.434. The molecule has 0 heterocycles. The molecule has 0 amide bonds. The Balaban J connectivity index is 2.57. The van der Waals surface area contributed by atoms with Crippen LogP contribution in [0.3, 0.4) is 0 Å². The zero-order chi connectivity index (χ0) is 12.0. The smallest absolute Gasteiger partial charge is 0.104 e. The Morgan fingerprint density at radius 3 is 2.19 bits per heavy atom. The minimum Gasteiger partial charge on any atom is -0.327 e. The maximum atomic E-state index is 4.53. The summed E-state index contributed by atoms with van der Waals surface area (Å²) >= 11 is 4.53. The van der Waals surface area contributed by atoms with E-state index < -0.39 is 0 Å². The maximum absolute atomic E-state index is 4.53. The lowest BCUT2D eigenvalue weighted by atomic mass is 10.1. The van der Waals surface area contributed by atoms with Crippen LogP contribution in [0.15, 0.2) is 29.3 Å². The van der Waals surface area contributed by atoms with Crippen molar-refractivity contribution in [2.24, 2.45) is 4.99 Å². The molecule has 0 saturated heterocycles. The molecule has 0 fully saturated rings. The number of aliphatic imine (C=N–C) groups is 1. The maximum Gasteiger partial charge on any atom is 0.104 e. The van der Waals surface area contributed by atoms with Gasteiger partial charge in [-0.3, -0.25) is 0 Å². The zero-order valence-corrected chi connectivity index (χ0v) is 11.0. The summed E-state index contributed by atoms with van der Waals surface area (Å²) in [4.78, 5) is 3.91. The van der Waals surface area contributed by atoms with Crippen molar-refractivity contribution in [2.75, 3.05) is 27.7 Å². The van der Waals surface area contributed by atoms with E-state index in [2.05, 4.69) is 67.8 Å². The lowest BCUT2D eigenvalue weighted by molar-refractivity contribution is -0.884. The summed E-state index contributed by atoms with van der Waals surface area (Å²) in [5.41, 5.74) is 2.67. The Morgan fingerprint density at radius 2 is 1.69 bits per heavy atom. The van der Waals surface area contributed by atoms with Gasteiger partial charge in [0.05, 0.1) is 32.8 Å². The minimum absolute atomic E-state index is 0.734. The molecule has 0 aliphatic heterocycles. The lowest BCUT2D eigenvalue weighted by Gasteiger charge is -2.23. The van der Waals surface area contributed by atoms with E-state index in [1.165, 1.54) is 11.1 Å². The van der Waals surface area contributed by atoms with Crippen LogP contribution in [0.25, 0.3) is 0 Å². The van der Waals surface area contributed by atoms with Crippen molar-refractivity contribution in [1.29, 1.82) is 0 Å². The average molecular weight is 235 g/mol. The first-order valence-electron chi connectivity index (χ1n) is 5.43. The molecule has 0 aliphatic carbocycles. The molecule has 3 heteroatoms. The molecule has 0 radical (unpaired) electrons. The first-order chi connectivity index (χ1) is 7.51. The van der Waals surface area contributed by atoms with Crippen LogP contribution >= 0.6 is 12.2 Å². The molecule has 86 valence electrons. The molecule has 1 aromatic rings. The van der Waals surface area contributed by atoms with Gasteiger partial charge in [0.1, 0.15) is 6.54 Å². The third-order valence-corrected chi connectivity index (χ3v) is 2.39. The van der Waals surface area contributed by atoms with Crippen molar-refractivity contribution in [3.05, 3.63) is 35.4 Å². The predicted molar refractivity (Wildman–Crippen MR) is 71.8 cm³/mol. The average Bonchev–Trinajstić information content (AvgIpc) is 2.19. The van der Waals surface area contributed by atoms with E-state index in [9.17, 15) is 0 Å². The van der Waals surface area contributed by atoms with E-state index >= 15 is 0 Å². The fraction of sp³-hybridized carbons (Fsp3) is 0.462. The van der Waals surface area contributed by atoms with Gasteiger partial charge < -0.3 is 4.48 Å². The largest absolute Gasteiger partial charge is 0.327 e. The summed E-state index contributed by atoms with van der Waals surface area (Å²) in [7, 11) is 6.59. The third-order valence-electron chi connectivity index (χ3n) is 2.26. The minimum atomic E-state index is 0.734. The van der Waals surface area contributed by atoms with Gasteiger partial charge in [0.15, 0.2) is 0 Å². The Morgan fingerprint density at radius 1 is 1.12 bits per heavy atom. The molecule has 0 unspecified atom stereocenters. The number of benzene rings is 1. The predicted octanol–water partition coefficient (Wildman–Crippen LogP) is 2.54. The SMILES string of the molecule is C[N+](C)(C)Cc1ccc(CCN=C=S)cc1. The lowest BCUT2D eigenvalue weighted by Crippen LogP contribution is -2.33. The van der Waals surface area contributed by atoms with Crippen LogP contribution in [-0.2, 0) is 13.0 Å². The van der Waals surface area contributed by atoms with Crippen LogP contribution in [0.1, 0.15) is 11.1 Å². The molecule has 0 atom stereocenters. The standard InChI is InChI=1S/C13H19N2S/c1-15(2,3)10-13-6-4-12(5-7-13)8-9-14-11-16/h4-7H,8-10H2,1-3H3/q+1. The Kier molecular flexibility index (Phi) is 4.81. The molecule has 1 rings (SSSR count). The second-order valence-electron chi connectivity index (χ2n) is 4.99. The monoisotopic (exact) mass is 235 g/mol. The van der Waals surface area contributed by atoms with Gasteiger partial charge in [0.25, 0.3) is 0 Å². The number of quaternary nitrogens is 1. The summed E-state index contributed by atoms with van der Waals surface area (Å²) < 4.78 is 0.953. The fourth-order valence-electron chi connectivity index (χ4n) is 1.59. The number of rotatable bonds is 5. The van der Waals surface area contributed by atoms with Gasteiger partial charge in [-0.15, -0.1) is 0 Å². The highest BCUT2D eigenvalue weighted by Crippen LogP contribution is 2.09. The number of hydrogen-bond donors (Lipinski definition) is 0. The van der Waals surface area contributed by atoms with Crippen molar-refractivity contribution in [3.8, 4) is 0 Å². The zero-order valence-electron chi connectivity index (χ0n) is 10.2. The summed E-state index contributed by atoms with van der Waals surface area (Å²) in [6.45, 7) is 1.79. The molecule has 0 aliphatic rings. The fourth-order valence-corrected chi connectivity index (χ4v) is 1.68. The van der Waals surface area contributed by atoms with E-state index in [0.717, 1.165) is 24.0 Å². The Hall–Kier alpha value is -1.02. The van der Waals surface area contributed by atoms with Crippen molar-refractivity contribution in [3.63, 3.8) is 0 Å². The van der Waals surface area contributed by atoms with Crippen LogP contribution in [0, 0.1) is 0 Å². The molecular weight excluding hydrogens is 216 g/mol. The van der Waals surface area contributed by atoms with E-state index in [-0.39, 0.29) is 0 Å². The highest BCUT2D eigenvalue weighted by atomic mass is 32.1. The molecule has 2 nitrogen and oxygen atoms in total.